The smallest absolute Gasteiger partial charge is 0.254 e. The van der Waals surface area contributed by atoms with Crippen LogP contribution in [-0.2, 0) is 16.0 Å². The number of likely N-dealkylation sites (N-methyl/N-ethyl adjacent to an activating group) is 1. The number of hydrogen-bond acceptors (Lipinski definition) is 5. The molecule has 0 aliphatic carbocycles. The first kappa shape index (κ1) is 22.5. The Bertz CT molecular complexity index is 1140. The number of hydrogen-bond donors (Lipinski definition) is 1. The van der Waals surface area contributed by atoms with Crippen LogP contribution in [0.2, 0.25) is 0 Å². The van der Waals surface area contributed by atoms with E-state index in [0.29, 0.717) is 24.3 Å². The second-order valence-corrected chi connectivity index (χ2v) is 8.00. The van der Waals surface area contributed by atoms with Crippen molar-refractivity contribution in [2.24, 2.45) is 0 Å². The average molecular weight is 446 g/mol. The molecule has 1 saturated heterocycles. The van der Waals surface area contributed by atoms with Gasteiger partial charge in [-0.15, -0.1) is 0 Å². The van der Waals surface area contributed by atoms with Gasteiger partial charge in [0.15, 0.2) is 5.60 Å². The van der Waals surface area contributed by atoms with E-state index in [1.54, 1.807) is 55.7 Å². The molecule has 3 aromatic rings. The van der Waals surface area contributed by atoms with Crippen LogP contribution in [0.3, 0.4) is 0 Å². The van der Waals surface area contributed by atoms with Crippen LogP contribution in [0.1, 0.15) is 15.9 Å². The zero-order chi connectivity index (χ0) is 23.3. The summed E-state index contributed by atoms with van der Waals surface area (Å²) in [6, 6.07) is 18.9. The minimum absolute atomic E-state index is 0.153. The molecule has 2 heterocycles. The molecule has 0 unspecified atom stereocenters. The van der Waals surface area contributed by atoms with Gasteiger partial charge >= 0.3 is 0 Å². The van der Waals surface area contributed by atoms with Gasteiger partial charge in [-0.25, -0.2) is 0 Å². The maximum atomic E-state index is 13.2. The number of morpholine rings is 1. The Morgan fingerprint density at radius 3 is 2.70 bits per heavy atom. The Labute approximate surface area is 193 Å². The van der Waals surface area contributed by atoms with Gasteiger partial charge in [-0.3, -0.25) is 14.6 Å². The van der Waals surface area contributed by atoms with Gasteiger partial charge in [0, 0.05) is 38.0 Å². The van der Waals surface area contributed by atoms with Crippen molar-refractivity contribution in [2.45, 2.75) is 12.0 Å². The first-order valence-corrected chi connectivity index (χ1v) is 10.8. The minimum Gasteiger partial charge on any atom is -0.497 e. The molecule has 0 bridgehead atoms. The van der Waals surface area contributed by atoms with Crippen LogP contribution in [-0.4, -0.2) is 61.2 Å². The number of ether oxygens (including phenoxy) is 2. The van der Waals surface area contributed by atoms with E-state index in [2.05, 4.69) is 10.3 Å². The Hall–Kier alpha value is -3.71. The lowest BCUT2D eigenvalue weighted by molar-refractivity contribution is -0.156. The molecule has 2 amide bonds. The number of amides is 2. The van der Waals surface area contributed by atoms with E-state index in [1.165, 1.54) is 0 Å². The van der Waals surface area contributed by atoms with Crippen LogP contribution in [0.25, 0.3) is 11.1 Å². The van der Waals surface area contributed by atoms with E-state index >= 15 is 0 Å². The lowest BCUT2D eigenvalue weighted by Gasteiger charge is -2.41. The van der Waals surface area contributed by atoms with Gasteiger partial charge in [0.05, 0.1) is 20.3 Å². The molecule has 2 aromatic carbocycles. The molecule has 1 aliphatic heterocycles. The molecular weight excluding hydrogens is 418 g/mol. The summed E-state index contributed by atoms with van der Waals surface area (Å²) >= 11 is 0. The van der Waals surface area contributed by atoms with Crippen molar-refractivity contribution >= 4 is 11.8 Å². The molecule has 1 aromatic heterocycles. The molecule has 0 spiro atoms. The number of carbonyl (C=O) groups excluding carboxylic acids is 2. The molecule has 0 saturated carbocycles. The molecular formula is C26H27N3O4. The lowest BCUT2D eigenvalue weighted by Crippen LogP contribution is -2.61. The molecule has 1 fully saturated rings. The number of nitrogens with zero attached hydrogens (tertiary/aromatic N) is 2. The van der Waals surface area contributed by atoms with E-state index < -0.39 is 5.60 Å². The fraction of sp³-hybridized carbons (Fsp3) is 0.269. The van der Waals surface area contributed by atoms with E-state index in [4.69, 9.17) is 9.47 Å². The predicted octanol–water partition coefficient (Wildman–Crippen LogP) is 2.96. The van der Waals surface area contributed by atoms with Crippen LogP contribution in [0.15, 0.2) is 73.1 Å². The van der Waals surface area contributed by atoms with Gasteiger partial charge in [0.25, 0.3) is 11.8 Å². The molecule has 170 valence electrons. The van der Waals surface area contributed by atoms with Crippen LogP contribution in [0.4, 0.5) is 0 Å². The monoisotopic (exact) mass is 445 g/mol. The van der Waals surface area contributed by atoms with Crippen molar-refractivity contribution in [3.8, 4) is 16.9 Å². The number of rotatable bonds is 6. The minimum atomic E-state index is -1.19. The van der Waals surface area contributed by atoms with Crippen LogP contribution in [0.5, 0.6) is 5.75 Å². The summed E-state index contributed by atoms with van der Waals surface area (Å²) in [6.07, 6.45) is 3.87. The fourth-order valence-corrected chi connectivity index (χ4v) is 4.17. The highest BCUT2D eigenvalue weighted by molar-refractivity contribution is 5.95. The number of carbonyl (C=O) groups is 2. The average Bonchev–Trinajstić information content (AvgIpc) is 2.88. The zero-order valence-corrected chi connectivity index (χ0v) is 18.8. The van der Waals surface area contributed by atoms with Crippen molar-refractivity contribution in [1.29, 1.82) is 0 Å². The normalized spacial score (nSPS) is 17.9. The highest BCUT2D eigenvalue weighted by Crippen LogP contribution is 2.28. The molecule has 7 nitrogen and oxygen atoms in total. The van der Waals surface area contributed by atoms with Gasteiger partial charge in [0.2, 0.25) is 0 Å². The number of aromatic nitrogens is 1. The first-order valence-electron chi connectivity index (χ1n) is 10.8. The highest BCUT2D eigenvalue weighted by atomic mass is 16.5. The van der Waals surface area contributed by atoms with Crippen molar-refractivity contribution in [1.82, 2.24) is 15.2 Å². The van der Waals surface area contributed by atoms with Gasteiger partial charge in [0.1, 0.15) is 5.75 Å². The topological polar surface area (TPSA) is 80.8 Å². The van der Waals surface area contributed by atoms with Gasteiger partial charge in [-0.2, -0.15) is 0 Å². The fourth-order valence-electron chi connectivity index (χ4n) is 4.17. The summed E-state index contributed by atoms with van der Waals surface area (Å²) in [5.74, 6) is 0.200. The largest absolute Gasteiger partial charge is 0.497 e. The molecule has 33 heavy (non-hydrogen) atoms. The van der Waals surface area contributed by atoms with Gasteiger partial charge in [-0.05, 0) is 41.0 Å². The summed E-state index contributed by atoms with van der Waals surface area (Å²) in [4.78, 5) is 32.2. The molecule has 4 rings (SSSR count). The molecule has 1 N–H and O–H groups in total. The number of methoxy groups -OCH3 is 1. The Morgan fingerprint density at radius 1 is 1.12 bits per heavy atom. The lowest BCUT2D eigenvalue weighted by atomic mass is 9.89. The van der Waals surface area contributed by atoms with Crippen LogP contribution >= 0.6 is 0 Å². The van der Waals surface area contributed by atoms with Crippen molar-refractivity contribution in [2.75, 3.05) is 33.9 Å². The van der Waals surface area contributed by atoms with E-state index in [0.717, 1.165) is 16.7 Å². The van der Waals surface area contributed by atoms with E-state index in [9.17, 15) is 9.59 Å². The second-order valence-electron chi connectivity index (χ2n) is 8.00. The third-order valence-corrected chi connectivity index (χ3v) is 5.84. The first-order chi connectivity index (χ1) is 16.0. The summed E-state index contributed by atoms with van der Waals surface area (Å²) in [6.45, 7) is 0.829. The Morgan fingerprint density at radius 2 is 1.94 bits per heavy atom. The molecule has 1 atom stereocenters. The Kier molecular flexibility index (Phi) is 6.70. The number of pyridine rings is 1. The van der Waals surface area contributed by atoms with Gasteiger partial charge in [-0.1, -0.05) is 36.4 Å². The maximum absolute atomic E-state index is 13.2. The van der Waals surface area contributed by atoms with Crippen molar-refractivity contribution in [3.63, 3.8) is 0 Å². The van der Waals surface area contributed by atoms with Crippen LogP contribution < -0.4 is 10.1 Å². The summed E-state index contributed by atoms with van der Waals surface area (Å²) in [7, 11) is 3.15. The third-order valence-electron chi connectivity index (χ3n) is 5.84. The summed E-state index contributed by atoms with van der Waals surface area (Å²) in [5, 5.41) is 2.73. The van der Waals surface area contributed by atoms with Crippen molar-refractivity contribution in [3.05, 3.63) is 84.2 Å². The number of nitrogens with one attached hydrogen (secondary N) is 1. The zero-order valence-electron chi connectivity index (χ0n) is 18.8. The SMILES string of the molecule is CNC(=O)[C@@]1(Cc2cccc(-c3cccnc3)c2)CN(C(=O)c2cccc(OC)c2)CCO1. The van der Waals surface area contributed by atoms with Gasteiger partial charge < -0.3 is 19.7 Å². The predicted molar refractivity (Wildman–Crippen MR) is 125 cm³/mol. The quantitative estimate of drug-likeness (QED) is 0.631. The third kappa shape index (κ3) is 4.88. The van der Waals surface area contributed by atoms with Crippen LogP contribution in [0, 0.1) is 0 Å². The second kappa shape index (κ2) is 9.83. The molecule has 1 aliphatic rings. The maximum Gasteiger partial charge on any atom is 0.254 e. The highest BCUT2D eigenvalue weighted by Gasteiger charge is 2.44. The Balaban J connectivity index is 1.61. The molecule has 0 radical (unpaired) electrons. The summed E-state index contributed by atoms with van der Waals surface area (Å²) < 4.78 is 11.3. The standard InChI is InChI=1S/C26H27N3O4/c1-27-25(31)26(16-19-6-3-7-20(14-19)22-9-5-11-28-17-22)18-29(12-13-33-26)24(30)21-8-4-10-23(15-21)32-2/h3-11,14-15,17H,12-13,16,18H2,1-2H3,(H,27,31)/t26-/m1/s1. The number of benzene rings is 2. The summed E-state index contributed by atoms with van der Waals surface area (Å²) in [5.41, 5.74) is 2.27. The van der Waals surface area contributed by atoms with Crippen molar-refractivity contribution < 1.29 is 19.1 Å². The van der Waals surface area contributed by atoms with E-state index in [-0.39, 0.29) is 25.0 Å². The molecule has 7 heteroatoms. The van der Waals surface area contributed by atoms with E-state index in [1.807, 2.05) is 36.4 Å².